The van der Waals surface area contributed by atoms with Crippen LogP contribution in [0.15, 0.2) is 28.8 Å². The van der Waals surface area contributed by atoms with Gasteiger partial charge >= 0.3 is 0 Å². The first-order chi connectivity index (χ1) is 13.5. The molecule has 1 atom stereocenters. The van der Waals surface area contributed by atoms with E-state index in [9.17, 15) is 4.79 Å². The van der Waals surface area contributed by atoms with Crippen molar-refractivity contribution in [2.75, 3.05) is 44.2 Å². The van der Waals surface area contributed by atoms with Gasteiger partial charge < -0.3 is 14.3 Å². The fraction of sp³-hybridized carbons (Fsp3) is 0.571. The van der Waals surface area contributed by atoms with E-state index in [1.165, 1.54) is 0 Å². The zero-order valence-electron chi connectivity index (χ0n) is 17.0. The first-order valence-electron chi connectivity index (χ1n) is 10.2. The Bertz CT molecular complexity index is 808. The summed E-state index contributed by atoms with van der Waals surface area (Å²) in [7, 11) is 0. The molecule has 0 spiro atoms. The standard InChI is InChI=1S/C21H29N5O2/c1-15(2)24-10-12-25(13-11-24)21(27)18-8-9-26(14-18)19-6-4-17(5-7-19)20-22-16(3)23-28-20/h4-7,15,18H,8-14H2,1-3H3/t18-/m0/s1. The molecular weight excluding hydrogens is 354 g/mol. The summed E-state index contributed by atoms with van der Waals surface area (Å²) in [5.41, 5.74) is 2.05. The summed E-state index contributed by atoms with van der Waals surface area (Å²) in [6.07, 6.45) is 0.924. The number of anilines is 1. The van der Waals surface area contributed by atoms with Crippen LogP contribution in [0, 0.1) is 12.8 Å². The maximum atomic E-state index is 12.9. The van der Waals surface area contributed by atoms with Crippen molar-refractivity contribution in [1.82, 2.24) is 19.9 Å². The quantitative estimate of drug-likeness (QED) is 0.808. The molecular formula is C21H29N5O2. The Morgan fingerprint density at radius 1 is 1.11 bits per heavy atom. The summed E-state index contributed by atoms with van der Waals surface area (Å²) in [5, 5.41) is 3.84. The van der Waals surface area contributed by atoms with Crippen molar-refractivity contribution in [3.8, 4) is 11.5 Å². The highest BCUT2D eigenvalue weighted by atomic mass is 16.5. The summed E-state index contributed by atoms with van der Waals surface area (Å²) < 4.78 is 5.23. The number of hydrogen-bond acceptors (Lipinski definition) is 6. The maximum absolute atomic E-state index is 12.9. The fourth-order valence-corrected chi connectivity index (χ4v) is 4.14. The van der Waals surface area contributed by atoms with Gasteiger partial charge in [-0.2, -0.15) is 4.98 Å². The maximum Gasteiger partial charge on any atom is 0.257 e. The van der Waals surface area contributed by atoms with Gasteiger partial charge in [-0.1, -0.05) is 5.16 Å². The van der Waals surface area contributed by atoms with E-state index in [-0.39, 0.29) is 5.92 Å². The molecule has 0 radical (unpaired) electrons. The topological polar surface area (TPSA) is 65.7 Å². The van der Waals surface area contributed by atoms with Crippen LogP contribution in [0.1, 0.15) is 26.1 Å². The second-order valence-electron chi connectivity index (χ2n) is 8.08. The number of rotatable bonds is 4. The minimum Gasteiger partial charge on any atom is -0.371 e. The number of aryl methyl sites for hydroxylation is 1. The van der Waals surface area contributed by atoms with E-state index in [1.54, 1.807) is 0 Å². The molecule has 1 aromatic heterocycles. The Morgan fingerprint density at radius 2 is 1.82 bits per heavy atom. The van der Waals surface area contributed by atoms with Crippen LogP contribution >= 0.6 is 0 Å². The summed E-state index contributed by atoms with van der Waals surface area (Å²) in [5.74, 6) is 1.60. The Morgan fingerprint density at radius 3 is 2.43 bits per heavy atom. The van der Waals surface area contributed by atoms with Gasteiger partial charge in [0, 0.05) is 56.6 Å². The normalized spacial score (nSPS) is 20.9. The first kappa shape index (κ1) is 18.9. The van der Waals surface area contributed by atoms with Crippen LogP contribution in [0.3, 0.4) is 0 Å². The van der Waals surface area contributed by atoms with E-state index in [0.29, 0.717) is 23.7 Å². The van der Waals surface area contributed by atoms with Gasteiger partial charge in [0.15, 0.2) is 5.82 Å². The van der Waals surface area contributed by atoms with E-state index >= 15 is 0 Å². The molecule has 1 aromatic carbocycles. The highest BCUT2D eigenvalue weighted by Crippen LogP contribution is 2.28. The lowest BCUT2D eigenvalue weighted by Gasteiger charge is -2.37. The van der Waals surface area contributed by atoms with Crippen molar-refractivity contribution in [3.05, 3.63) is 30.1 Å². The molecule has 0 saturated carbocycles. The van der Waals surface area contributed by atoms with Crippen molar-refractivity contribution in [3.63, 3.8) is 0 Å². The number of benzene rings is 1. The van der Waals surface area contributed by atoms with E-state index in [0.717, 1.165) is 56.9 Å². The molecule has 0 unspecified atom stereocenters. The molecule has 150 valence electrons. The van der Waals surface area contributed by atoms with Gasteiger partial charge in [-0.3, -0.25) is 9.69 Å². The summed E-state index contributed by atoms with van der Waals surface area (Å²) in [4.78, 5) is 24.0. The van der Waals surface area contributed by atoms with E-state index in [2.05, 4.69) is 50.8 Å². The van der Waals surface area contributed by atoms with Gasteiger partial charge in [-0.05, 0) is 51.5 Å². The molecule has 2 aromatic rings. The predicted octanol–water partition coefficient (Wildman–Crippen LogP) is 2.42. The van der Waals surface area contributed by atoms with Crippen LogP contribution in [-0.2, 0) is 4.79 Å². The van der Waals surface area contributed by atoms with Crippen LogP contribution in [0.2, 0.25) is 0 Å². The van der Waals surface area contributed by atoms with Crippen LogP contribution < -0.4 is 4.90 Å². The van der Waals surface area contributed by atoms with Gasteiger partial charge in [0.2, 0.25) is 5.91 Å². The van der Waals surface area contributed by atoms with Crippen molar-refractivity contribution < 1.29 is 9.32 Å². The highest BCUT2D eigenvalue weighted by Gasteiger charge is 2.33. The van der Waals surface area contributed by atoms with Crippen molar-refractivity contribution >= 4 is 11.6 Å². The molecule has 7 nitrogen and oxygen atoms in total. The second-order valence-corrected chi connectivity index (χ2v) is 8.08. The third-order valence-corrected chi connectivity index (χ3v) is 5.90. The van der Waals surface area contributed by atoms with Gasteiger partial charge in [0.1, 0.15) is 0 Å². The third-order valence-electron chi connectivity index (χ3n) is 5.90. The molecule has 0 N–H and O–H groups in total. The third kappa shape index (κ3) is 3.90. The van der Waals surface area contributed by atoms with Crippen LogP contribution in [0.25, 0.3) is 11.5 Å². The number of piperazine rings is 1. The lowest BCUT2D eigenvalue weighted by atomic mass is 10.1. The average molecular weight is 383 g/mol. The monoisotopic (exact) mass is 383 g/mol. The number of carbonyl (C=O) groups is 1. The average Bonchev–Trinajstić information content (AvgIpc) is 3.37. The molecule has 1 amide bonds. The fourth-order valence-electron chi connectivity index (χ4n) is 4.14. The van der Waals surface area contributed by atoms with Crippen molar-refractivity contribution in [1.29, 1.82) is 0 Å². The Hall–Kier alpha value is -2.41. The predicted molar refractivity (Wildman–Crippen MR) is 108 cm³/mol. The number of hydrogen-bond donors (Lipinski definition) is 0. The van der Waals surface area contributed by atoms with Crippen LogP contribution in [0.5, 0.6) is 0 Å². The van der Waals surface area contributed by atoms with Crippen molar-refractivity contribution in [2.45, 2.75) is 33.2 Å². The first-order valence-corrected chi connectivity index (χ1v) is 10.2. The summed E-state index contributed by atoms with van der Waals surface area (Å²) >= 11 is 0. The van der Waals surface area contributed by atoms with Crippen LogP contribution in [-0.4, -0.2) is 71.2 Å². The number of amides is 1. The van der Waals surface area contributed by atoms with Gasteiger partial charge in [-0.25, -0.2) is 0 Å². The summed E-state index contributed by atoms with van der Waals surface area (Å²) in [6, 6.07) is 8.70. The largest absolute Gasteiger partial charge is 0.371 e. The zero-order valence-corrected chi connectivity index (χ0v) is 17.0. The van der Waals surface area contributed by atoms with E-state index in [1.807, 2.05) is 19.1 Å². The molecule has 2 fully saturated rings. The van der Waals surface area contributed by atoms with Gasteiger partial charge in [0.05, 0.1) is 5.92 Å². The SMILES string of the molecule is Cc1noc(-c2ccc(N3CC[C@H](C(=O)N4CCN(C(C)C)CC4)C3)cc2)n1. The Balaban J connectivity index is 1.34. The molecule has 2 aliphatic heterocycles. The highest BCUT2D eigenvalue weighted by molar-refractivity contribution is 5.80. The lowest BCUT2D eigenvalue weighted by molar-refractivity contribution is -0.136. The Labute approximate surface area is 166 Å². The Kier molecular flexibility index (Phi) is 5.35. The van der Waals surface area contributed by atoms with E-state index < -0.39 is 0 Å². The lowest BCUT2D eigenvalue weighted by Crippen LogP contribution is -2.52. The second kappa shape index (κ2) is 7.91. The molecule has 4 rings (SSSR count). The van der Waals surface area contributed by atoms with Gasteiger partial charge in [-0.15, -0.1) is 0 Å². The number of nitrogens with zero attached hydrogens (tertiary/aromatic N) is 5. The zero-order chi connectivity index (χ0) is 19.7. The molecule has 3 heterocycles. The molecule has 28 heavy (non-hydrogen) atoms. The molecule has 0 bridgehead atoms. The van der Waals surface area contributed by atoms with Gasteiger partial charge in [0.25, 0.3) is 5.89 Å². The molecule has 0 aliphatic carbocycles. The molecule has 2 aliphatic rings. The number of carbonyl (C=O) groups excluding carboxylic acids is 1. The molecule has 2 saturated heterocycles. The molecule has 7 heteroatoms. The minimum atomic E-state index is 0.101. The van der Waals surface area contributed by atoms with Crippen molar-refractivity contribution in [2.24, 2.45) is 5.92 Å². The minimum absolute atomic E-state index is 0.101. The number of aromatic nitrogens is 2. The smallest absolute Gasteiger partial charge is 0.257 e. The summed E-state index contributed by atoms with van der Waals surface area (Å²) in [6.45, 7) is 11.6. The van der Waals surface area contributed by atoms with Crippen LogP contribution in [0.4, 0.5) is 5.69 Å². The van der Waals surface area contributed by atoms with E-state index in [4.69, 9.17) is 4.52 Å².